The molecule has 0 bridgehead atoms. The molecular weight excluding hydrogens is 254 g/mol. The molecule has 0 saturated heterocycles. The van der Waals surface area contributed by atoms with Crippen molar-refractivity contribution in [3.63, 3.8) is 0 Å². The number of benzene rings is 1. The van der Waals surface area contributed by atoms with Crippen molar-refractivity contribution in [2.75, 3.05) is 13.2 Å². The van der Waals surface area contributed by atoms with E-state index in [1.165, 1.54) is 0 Å². The molecule has 4 nitrogen and oxygen atoms in total. The van der Waals surface area contributed by atoms with Crippen molar-refractivity contribution < 1.29 is 14.3 Å². The standard InChI is InChI=1S/C16H21NO3/c1-2-19-11-12-3-5-13(6-4-12)15-7-8-16(20-15)14(17)9-10-18/h3-8,14,18H,2,9-11,17H2,1H3. The first-order valence-electron chi connectivity index (χ1n) is 6.87. The second-order valence-electron chi connectivity index (χ2n) is 4.65. The predicted octanol–water partition coefficient (Wildman–Crippen LogP) is 2.87. The van der Waals surface area contributed by atoms with Gasteiger partial charge in [0.05, 0.1) is 12.6 Å². The van der Waals surface area contributed by atoms with Crippen LogP contribution in [-0.2, 0) is 11.3 Å². The Hall–Kier alpha value is -1.62. The molecule has 1 aromatic heterocycles. The monoisotopic (exact) mass is 275 g/mol. The number of rotatable bonds is 7. The minimum absolute atomic E-state index is 0.0589. The van der Waals surface area contributed by atoms with E-state index in [9.17, 15) is 0 Å². The van der Waals surface area contributed by atoms with Gasteiger partial charge in [-0.2, -0.15) is 0 Å². The predicted molar refractivity (Wildman–Crippen MR) is 78.1 cm³/mol. The molecule has 1 aromatic carbocycles. The molecular formula is C16H21NO3. The topological polar surface area (TPSA) is 68.6 Å². The molecule has 108 valence electrons. The van der Waals surface area contributed by atoms with Gasteiger partial charge in [-0.15, -0.1) is 0 Å². The third kappa shape index (κ3) is 3.70. The lowest BCUT2D eigenvalue weighted by atomic mass is 10.1. The maximum atomic E-state index is 8.89. The van der Waals surface area contributed by atoms with Gasteiger partial charge in [0.2, 0.25) is 0 Å². The molecule has 0 aliphatic heterocycles. The fraction of sp³-hybridized carbons (Fsp3) is 0.375. The number of aliphatic hydroxyl groups is 1. The molecule has 0 fully saturated rings. The maximum absolute atomic E-state index is 8.89. The van der Waals surface area contributed by atoms with E-state index in [4.69, 9.17) is 20.0 Å². The fourth-order valence-corrected chi connectivity index (χ4v) is 1.97. The van der Waals surface area contributed by atoms with Gasteiger partial charge in [-0.05, 0) is 31.0 Å². The van der Waals surface area contributed by atoms with E-state index in [1.54, 1.807) is 0 Å². The van der Waals surface area contributed by atoms with Gasteiger partial charge in [-0.1, -0.05) is 24.3 Å². The van der Waals surface area contributed by atoms with E-state index in [0.717, 1.165) is 16.9 Å². The van der Waals surface area contributed by atoms with Crippen LogP contribution < -0.4 is 5.73 Å². The Kier molecular flexibility index (Phi) is 5.35. The summed E-state index contributed by atoms with van der Waals surface area (Å²) in [6, 6.07) is 11.6. The quantitative estimate of drug-likeness (QED) is 0.815. The highest BCUT2D eigenvalue weighted by Gasteiger charge is 2.11. The zero-order valence-electron chi connectivity index (χ0n) is 11.7. The number of aliphatic hydroxyl groups excluding tert-OH is 1. The number of nitrogens with two attached hydrogens (primary N) is 1. The zero-order chi connectivity index (χ0) is 14.4. The Bertz CT molecular complexity index is 519. The smallest absolute Gasteiger partial charge is 0.134 e. The summed E-state index contributed by atoms with van der Waals surface area (Å²) in [4.78, 5) is 0. The van der Waals surface area contributed by atoms with Gasteiger partial charge in [0.1, 0.15) is 11.5 Å². The van der Waals surface area contributed by atoms with Gasteiger partial charge in [0.15, 0.2) is 0 Å². The Morgan fingerprint density at radius 3 is 2.60 bits per heavy atom. The van der Waals surface area contributed by atoms with Crippen LogP contribution in [0.1, 0.15) is 30.7 Å². The molecule has 1 atom stereocenters. The van der Waals surface area contributed by atoms with E-state index in [0.29, 0.717) is 25.4 Å². The van der Waals surface area contributed by atoms with E-state index in [-0.39, 0.29) is 12.6 Å². The van der Waals surface area contributed by atoms with Crippen LogP contribution in [-0.4, -0.2) is 18.3 Å². The summed E-state index contributed by atoms with van der Waals surface area (Å²) in [7, 11) is 0. The minimum Gasteiger partial charge on any atom is -0.459 e. The number of ether oxygens (including phenoxy) is 1. The SMILES string of the molecule is CCOCc1ccc(-c2ccc(C(N)CCO)o2)cc1. The molecule has 4 heteroatoms. The molecule has 0 spiro atoms. The lowest BCUT2D eigenvalue weighted by molar-refractivity contribution is 0.134. The molecule has 0 amide bonds. The Morgan fingerprint density at radius 2 is 1.95 bits per heavy atom. The lowest BCUT2D eigenvalue weighted by Gasteiger charge is -2.06. The van der Waals surface area contributed by atoms with Crippen molar-refractivity contribution in [1.82, 2.24) is 0 Å². The molecule has 2 rings (SSSR count). The van der Waals surface area contributed by atoms with Gasteiger partial charge >= 0.3 is 0 Å². The van der Waals surface area contributed by atoms with Crippen LogP contribution >= 0.6 is 0 Å². The molecule has 20 heavy (non-hydrogen) atoms. The number of hydrogen-bond acceptors (Lipinski definition) is 4. The minimum atomic E-state index is -0.258. The summed E-state index contributed by atoms with van der Waals surface area (Å²) in [5.41, 5.74) is 8.05. The highest BCUT2D eigenvalue weighted by Crippen LogP contribution is 2.26. The third-order valence-electron chi connectivity index (χ3n) is 3.14. The molecule has 0 radical (unpaired) electrons. The second-order valence-corrected chi connectivity index (χ2v) is 4.65. The zero-order valence-corrected chi connectivity index (χ0v) is 11.7. The van der Waals surface area contributed by atoms with Gasteiger partial charge in [-0.3, -0.25) is 0 Å². The first-order valence-corrected chi connectivity index (χ1v) is 6.87. The van der Waals surface area contributed by atoms with E-state index < -0.39 is 0 Å². The first-order chi connectivity index (χ1) is 9.74. The molecule has 2 aromatic rings. The van der Waals surface area contributed by atoms with Gasteiger partial charge in [-0.25, -0.2) is 0 Å². The number of furan rings is 1. The van der Waals surface area contributed by atoms with Crippen LogP contribution in [0.5, 0.6) is 0 Å². The van der Waals surface area contributed by atoms with Crippen LogP contribution in [0.15, 0.2) is 40.8 Å². The summed E-state index contributed by atoms with van der Waals surface area (Å²) in [5, 5.41) is 8.89. The Morgan fingerprint density at radius 1 is 1.20 bits per heavy atom. The van der Waals surface area contributed by atoms with Crippen LogP contribution in [0.3, 0.4) is 0 Å². The molecule has 0 aliphatic carbocycles. The second kappa shape index (κ2) is 7.24. The Labute approximate surface area is 119 Å². The van der Waals surface area contributed by atoms with Crippen molar-refractivity contribution in [2.24, 2.45) is 5.73 Å². The van der Waals surface area contributed by atoms with E-state index in [2.05, 4.69) is 0 Å². The summed E-state index contributed by atoms with van der Waals surface area (Å²) in [6.07, 6.45) is 0.500. The molecule has 1 unspecified atom stereocenters. The highest BCUT2D eigenvalue weighted by molar-refractivity contribution is 5.58. The van der Waals surface area contributed by atoms with Crippen molar-refractivity contribution in [2.45, 2.75) is 26.0 Å². The summed E-state index contributed by atoms with van der Waals surface area (Å²) >= 11 is 0. The largest absolute Gasteiger partial charge is 0.459 e. The first kappa shape index (κ1) is 14.8. The summed E-state index contributed by atoms with van der Waals surface area (Å²) in [5.74, 6) is 1.49. The Balaban J connectivity index is 2.07. The maximum Gasteiger partial charge on any atom is 0.134 e. The average molecular weight is 275 g/mol. The van der Waals surface area contributed by atoms with Gasteiger partial charge < -0.3 is 20.0 Å². The summed E-state index contributed by atoms with van der Waals surface area (Å²) < 4.78 is 11.1. The third-order valence-corrected chi connectivity index (χ3v) is 3.14. The van der Waals surface area contributed by atoms with Gasteiger partial charge in [0, 0.05) is 18.8 Å². The van der Waals surface area contributed by atoms with Crippen LogP contribution in [0, 0.1) is 0 Å². The van der Waals surface area contributed by atoms with Crippen molar-refractivity contribution >= 4 is 0 Å². The van der Waals surface area contributed by atoms with E-state index >= 15 is 0 Å². The van der Waals surface area contributed by atoms with Crippen LogP contribution in [0.25, 0.3) is 11.3 Å². The molecule has 0 saturated carbocycles. The summed E-state index contributed by atoms with van der Waals surface area (Å²) in [6.45, 7) is 3.38. The van der Waals surface area contributed by atoms with Crippen LogP contribution in [0.4, 0.5) is 0 Å². The van der Waals surface area contributed by atoms with Gasteiger partial charge in [0.25, 0.3) is 0 Å². The van der Waals surface area contributed by atoms with Crippen LogP contribution in [0.2, 0.25) is 0 Å². The molecule has 0 aliphatic rings. The molecule has 3 N–H and O–H groups in total. The van der Waals surface area contributed by atoms with Crippen molar-refractivity contribution in [3.8, 4) is 11.3 Å². The average Bonchev–Trinajstić information content (AvgIpc) is 2.96. The highest BCUT2D eigenvalue weighted by atomic mass is 16.5. The fourth-order valence-electron chi connectivity index (χ4n) is 1.97. The molecule has 1 heterocycles. The normalized spacial score (nSPS) is 12.6. The van der Waals surface area contributed by atoms with Crippen molar-refractivity contribution in [1.29, 1.82) is 0 Å². The van der Waals surface area contributed by atoms with Crippen molar-refractivity contribution in [3.05, 3.63) is 47.7 Å². The lowest BCUT2D eigenvalue weighted by Crippen LogP contribution is -2.10. The van der Waals surface area contributed by atoms with E-state index in [1.807, 2.05) is 43.3 Å². The number of hydrogen-bond donors (Lipinski definition) is 2.